The fourth-order valence-corrected chi connectivity index (χ4v) is 3.46. The Bertz CT molecular complexity index is 535. The molecule has 1 fully saturated rings. The van der Waals surface area contributed by atoms with E-state index in [0.717, 1.165) is 16.4 Å². The van der Waals surface area contributed by atoms with Crippen molar-refractivity contribution in [1.82, 2.24) is 0 Å². The molecule has 0 aromatic heterocycles. The maximum atomic E-state index is 12.3. The zero-order valence-electron chi connectivity index (χ0n) is 10.7. The Morgan fingerprint density at radius 2 is 1.90 bits per heavy atom. The lowest BCUT2D eigenvalue weighted by Crippen LogP contribution is -2.36. The third-order valence-electron chi connectivity index (χ3n) is 3.61. The van der Waals surface area contributed by atoms with Crippen LogP contribution in [0, 0.1) is 15.4 Å². The Hall–Kier alpha value is -0.820. The van der Waals surface area contributed by atoms with Crippen molar-refractivity contribution in [3.05, 3.63) is 26.8 Å². The van der Waals surface area contributed by atoms with Gasteiger partial charge in [0.05, 0.1) is 22.5 Å². The van der Waals surface area contributed by atoms with Crippen LogP contribution < -0.4 is 5.32 Å². The van der Waals surface area contributed by atoms with Crippen molar-refractivity contribution in [2.75, 3.05) is 5.32 Å². The highest BCUT2D eigenvalue weighted by Gasteiger charge is 2.35. The molecule has 0 bridgehead atoms. The number of hydrogen-bond donors (Lipinski definition) is 2. The molecule has 6 heteroatoms. The van der Waals surface area contributed by atoms with Gasteiger partial charge in [0.1, 0.15) is 0 Å². The van der Waals surface area contributed by atoms with Gasteiger partial charge in [0.25, 0.3) is 0 Å². The normalized spacial score (nSPS) is 22.3. The van der Waals surface area contributed by atoms with Crippen LogP contribution in [0.15, 0.2) is 18.2 Å². The molecular formula is C14H15ClINO3. The van der Waals surface area contributed by atoms with E-state index in [1.54, 1.807) is 12.1 Å². The van der Waals surface area contributed by atoms with E-state index < -0.39 is 17.8 Å². The average molecular weight is 408 g/mol. The third-order valence-corrected chi connectivity index (χ3v) is 4.59. The Kier molecular flexibility index (Phi) is 5.26. The zero-order valence-corrected chi connectivity index (χ0v) is 13.6. The summed E-state index contributed by atoms with van der Waals surface area (Å²) in [4.78, 5) is 23.5. The minimum Gasteiger partial charge on any atom is -0.481 e. The molecule has 1 aliphatic carbocycles. The maximum Gasteiger partial charge on any atom is 0.307 e. The topological polar surface area (TPSA) is 66.4 Å². The Labute approximate surface area is 136 Å². The summed E-state index contributed by atoms with van der Waals surface area (Å²) in [6.45, 7) is 0. The molecule has 108 valence electrons. The summed E-state index contributed by atoms with van der Waals surface area (Å²) in [5.74, 6) is -2.21. The molecule has 1 aromatic rings. The van der Waals surface area contributed by atoms with Crippen LogP contribution in [0.4, 0.5) is 5.69 Å². The lowest BCUT2D eigenvalue weighted by Gasteiger charge is -2.27. The molecular weight excluding hydrogens is 393 g/mol. The summed E-state index contributed by atoms with van der Waals surface area (Å²) >= 11 is 8.21. The van der Waals surface area contributed by atoms with Crippen molar-refractivity contribution in [2.45, 2.75) is 25.7 Å². The quantitative estimate of drug-likeness (QED) is 0.750. The van der Waals surface area contributed by atoms with Gasteiger partial charge in [-0.1, -0.05) is 24.4 Å². The van der Waals surface area contributed by atoms with Crippen LogP contribution >= 0.6 is 34.2 Å². The average Bonchev–Trinajstić information content (AvgIpc) is 2.41. The molecule has 0 spiro atoms. The summed E-state index contributed by atoms with van der Waals surface area (Å²) in [6, 6.07) is 5.34. The van der Waals surface area contributed by atoms with E-state index in [4.69, 9.17) is 11.6 Å². The van der Waals surface area contributed by atoms with Gasteiger partial charge in [0, 0.05) is 3.57 Å². The fourth-order valence-electron chi connectivity index (χ4n) is 2.56. The molecule has 2 unspecified atom stereocenters. The highest BCUT2D eigenvalue weighted by Crippen LogP contribution is 2.32. The van der Waals surface area contributed by atoms with Crippen LogP contribution in [-0.4, -0.2) is 17.0 Å². The number of hydrogen-bond acceptors (Lipinski definition) is 2. The van der Waals surface area contributed by atoms with E-state index in [9.17, 15) is 14.7 Å². The van der Waals surface area contributed by atoms with Gasteiger partial charge in [-0.25, -0.2) is 0 Å². The van der Waals surface area contributed by atoms with Gasteiger partial charge in [0.15, 0.2) is 0 Å². The van der Waals surface area contributed by atoms with Gasteiger partial charge in [-0.15, -0.1) is 0 Å². The standard InChI is InChI=1S/C14H15ClINO3/c15-11-7-8(16)5-6-12(11)17-13(18)9-3-1-2-4-10(9)14(19)20/h5-7,9-10H,1-4H2,(H,17,18)(H,19,20). The van der Waals surface area contributed by atoms with Gasteiger partial charge >= 0.3 is 5.97 Å². The highest BCUT2D eigenvalue weighted by atomic mass is 127. The number of benzene rings is 1. The Morgan fingerprint density at radius 1 is 1.25 bits per heavy atom. The summed E-state index contributed by atoms with van der Waals surface area (Å²) in [5, 5.41) is 12.4. The molecule has 0 saturated heterocycles. The number of carboxylic acids is 1. The van der Waals surface area contributed by atoms with Crippen LogP contribution in [0.25, 0.3) is 0 Å². The number of carboxylic acid groups (broad SMARTS) is 1. The summed E-state index contributed by atoms with van der Waals surface area (Å²) < 4.78 is 0.978. The molecule has 0 heterocycles. The number of carbonyl (C=O) groups is 2. The van der Waals surface area contributed by atoms with Crippen LogP contribution in [0.5, 0.6) is 0 Å². The van der Waals surface area contributed by atoms with Crippen molar-refractivity contribution in [3.63, 3.8) is 0 Å². The second-order valence-electron chi connectivity index (χ2n) is 4.95. The SMILES string of the molecule is O=C(O)C1CCCCC1C(=O)Nc1ccc(I)cc1Cl. The smallest absolute Gasteiger partial charge is 0.307 e. The highest BCUT2D eigenvalue weighted by molar-refractivity contribution is 14.1. The van der Waals surface area contributed by atoms with Gasteiger partial charge in [-0.05, 0) is 53.6 Å². The molecule has 2 N–H and O–H groups in total. The lowest BCUT2D eigenvalue weighted by atomic mass is 9.78. The van der Waals surface area contributed by atoms with Crippen molar-refractivity contribution in [3.8, 4) is 0 Å². The predicted molar refractivity (Wildman–Crippen MR) is 85.9 cm³/mol. The monoisotopic (exact) mass is 407 g/mol. The molecule has 2 atom stereocenters. The fraction of sp³-hybridized carbons (Fsp3) is 0.429. The first-order valence-electron chi connectivity index (χ1n) is 6.48. The molecule has 1 aliphatic rings. The van der Waals surface area contributed by atoms with Crippen LogP contribution in [0.1, 0.15) is 25.7 Å². The van der Waals surface area contributed by atoms with Crippen molar-refractivity contribution in [2.24, 2.45) is 11.8 Å². The molecule has 0 radical (unpaired) electrons. The van der Waals surface area contributed by atoms with Crippen LogP contribution in [0.2, 0.25) is 5.02 Å². The molecule has 1 amide bonds. The minimum absolute atomic E-state index is 0.250. The predicted octanol–water partition coefficient (Wildman–Crippen LogP) is 3.77. The van der Waals surface area contributed by atoms with Crippen LogP contribution in [0.3, 0.4) is 0 Å². The number of carbonyl (C=O) groups excluding carboxylic acids is 1. The molecule has 1 aromatic carbocycles. The van der Waals surface area contributed by atoms with Gasteiger partial charge < -0.3 is 10.4 Å². The molecule has 2 rings (SSSR count). The number of aliphatic carboxylic acids is 1. The molecule has 20 heavy (non-hydrogen) atoms. The van der Waals surface area contributed by atoms with Crippen molar-refractivity contribution < 1.29 is 14.7 Å². The largest absolute Gasteiger partial charge is 0.481 e. The third kappa shape index (κ3) is 3.63. The van der Waals surface area contributed by atoms with E-state index in [-0.39, 0.29) is 5.91 Å². The Balaban J connectivity index is 2.12. The van der Waals surface area contributed by atoms with E-state index >= 15 is 0 Å². The number of amides is 1. The summed E-state index contributed by atoms with van der Waals surface area (Å²) in [7, 11) is 0. The first kappa shape index (κ1) is 15.6. The van der Waals surface area contributed by atoms with E-state index in [2.05, 4.69) is 27.9 Å². The summed E-state index contributed by atoms with van der Waals surface area (Å²) in [6.07, 6.45) is 2.94. The zero-order chi connectivity index (χ0) is 14.7. The second kappa shape index (κ2) is 6.76. The number of halogens is 2. The van der Waals surface area contributed by atoms with E-state index in [1.807, 2.05) is 6.07 Å². The van der Waals surface area contributed by atoms with Crippen LogP contribution in [-0.2, 0) is 9.59 Å². The van der Waals surface area contributed by atoms with E-state index in [1.165, 1.54) is 0 Å². The molecule has 1 saturated carbocycles. The molecule has 4 nitrogen and oxygen atoms in total. The lowest BCUT2D eigenvalue weighted by molar-refractivity contribution is -0.147. The maximum absolute atomic E-state index is 12.3. The number of anilines is 1. The summed E-state index contributed by atoms with van der Waals surface area (Å²) in [5.41, 5.74) is 0.534. The van der Waals surface area contributed by atoms with Crippen molar-refractivity contribution in [1.29, 1.82) is 0 Å². The second-order valence-corrected chi connectivity index (χ2v) is 6.60. The van der Waals surface area contributed by atoms with Gasteiger partial charge in [-0.3, -0.25) is 9.59 Å². The van der Waals surface area contributed by atoms with Crippen molar-refractivity contribution >= 4 is 51.8 Å². The Morgan fingerprint density at radius 3 is 2.50 bits per heavy atom. The minimum atomic E-state index is -0.890. The van der Waals surface area contributed by atoms with Gasteiger partial charge in [0.2, 0.25) is 5.91 Å². The number of rotatable bonds is 3. The molecule has 0 aliphatic heterocycles. The number of nitrogens with one attached hydrogen (secondary N) is 1. The first-order chi connectivity index (χ1) is 9.49. The van der Waals surface area contributed by atoms with E-state index in [0.29, 0.717) is 23.6 Å². The first-order valence-corrected chi connectivity index (χ1v) is 7.93. The van der Waals surface area contributed by atoms with Gasteiger partial charge in [-0.2, -0.15) is 0 Å².